The van der Waals surface area contributed by atoms with E-state index < -0.39 is 11.5 Å². The van der Waals surface area contributed by atoms with E-state index in [1.165, 1.54) is 6.26 Å². The molecule has 1 heterocycles. The highest BCUT2D eigenvalue weighted by atomic mass is 16.5. The Hall–Kier alpha value is -1.25. The van der Waals surface area contributed by atoms with Crippen LogP contribution >= 0.6 is 0 Å². The molecule has 1 atom stereocenters. The van der Waals surface area contributed by atoms with Crippen LogP contribution in [0.2, 0.25) is 0 Å². The van der Waals surface area contributed by atoms with Crippen LogP contribution in [-0.4, -0.2) is 11.5 Å². The highest BCUT2D eigenvalue weighted by Crippen LogP contribution is 2.26. The molecule has 12 heavy (non-hydrogen) atoms. The predicted molar refractivity (Wildman–Crippen MR) is 46.1 cm³/mol. The summed E-state index contributed by atoms with van der Waals surface area (Å²) in [6, 6.07) is 0. The molecule has 0 radical (unpaired) electrons. The summed E-state index contributed by atoms with van der Waals surface area (Å²) in [5, 5.41) is 0. The first kappa shape index (κ1) is 8.84. The van der Waals surface area contributed by atoms with Gasteiger partial charge in [0.25, 0.3) is 5.91 Å². The smallest absolute Gasteiger partial charge is 0.265 e. The van der Waals surface area contributed by atoms with E-state index in [1.807, 2.05) is 13.8 Å². The Kier molecular flexibility index (Phi) is 2.22. The summed E-state index contributed by atoms with van der Waals surface area (Å²) in [7, 11) is 0. The van der Waals surface area contributed by atoms with E-state index in [4.69, 9.17) is 10.5 Å². The molecule has 1 unspecified atom stereocenters. The minimum atomic E-state index is -0.950. The number of hydrogen-bond donors (Lipinski definition) is 1. The fraction of sp³-hybridized carbons (Fsp3) is 0.444. The molecule has 0 fully saturated rings. The van der Waals surface area contributed by atoms with E-state index in [-0.39, 0.29) is 5.92 Å². The lowest BCUT2D eigenvalue weighted by atomic mass is 9.88. The summed E-state index contributed by atoms with van der Waals surface area (Å²) >= 11 is 0. The van der Waals surface area contributed by atoms with Gasteiger partial charge in [-0.3, -0.25) is 4.79 Å². The first-order valence-corrected chi connectivity index (χ1v) is 3.91. The molecular formula is C9H13NO2. The zero-order valence-electron chi connectivity index (χ0n) is 7.28. The molecule has 0 saturated heterocycles. The summed E-state index contributed by atoms with van der Waals surface area (Å²) in [5.74, 6) is -0.408. The largest absolute Gasteiger partial charge is 0.481 e. The number of carbonyl (C=O) groups is 1. The Bertz CT molecular complexity index is 243. The maximum absolute atomic E-state index is 11.1. The van der Waals surface area contributed by atoms with Gasteiger partial charge in [0.15, 0.2) is 0 Å². The van der Waals surface area contributed by atoms with Crippen LogP contribution in [0.15, 0.2) is 24.5 Å². The van der Waals surface area contributed by atoms with Gasteiger partial charge in [0, 0.05) is 5.92 Å². The second-order valence-corrected chi connectivity index (χ2v) is 3.12. The average Bonchev–Trinajstić information content (AvgIpc) is 2.05. The molecule has 2 N–H and O–H groups in total. The second kappa shape index (κ2) is 3.01. The first-order valence-electron chi connectivity index (χ1n) is 3.91. The van der Waals surface area contributed by atoms with Crippen molar-refractivity contribution in [1.29, 1.82) is 0 Å². The van der Waals surface area contributed by atoms with Crippen molar-refractivity contribution in [1.82, 2.24) is 0 Å². The molecular weight excluding hydrogens is 154 g/mol. The fourth-order valence-electron chi connectivity index (χ4n) is 1.19. The predicted octanol–water partition coefficient (Wildman–Crippen LogP) is 0.967. The lowest BCUT2D eigenvalue weighted by Crippen LogP contribution is -2.48. The maximum atomic E-state index is 11.1. The molecule has 0 aromatic rings. The molecule has 0 aromatic heterocycles. The van der Waals surface area contributed by atoms with Crippen LogP contribution in [0.4, 0.5) is 0 Å². The van der Waals surface area contributed by atoms with Crippen molar-refractivity contribution in [3.05, 3.63) is 24.5 Å². The molecule has 0 bridgehead atoms. The summed E-state index contributed by atoms with van der Waals surface area (Å²) in [4.78, 5) is 11.1. The summed E-state index contributed by atoms with van der Waals surface area (Å²) in [5.41, 5.74) is 4.30. The van der Waals surface area contributed by atoms with E-state index in [0.29, 0.717) is 0 Å². The van der Waals surface area contributed by atoms with Crippen LogP contribution in [-0.2, 0) is 9.53 Å². The van der Waals surface area contributed by atoms with Gasteiger partial charge < -0.3 is 10.5 Å². The average molecular weight is 167 g/mol. The number of hydrogen-bond acceptors (Lipinski definition) is 2. The fourth-order valence-corrected chi connectivity index (χ4v) is 1.19. The monoisotopic (exact) mass is 167 g/mol. The standard InChI is InChI=1S/C9H13NO2/c1-7(2)9(8(10)11)5-3-4-6-12-9/h3-7H,1-2H3,(H2,10,11). The van der Waals surface area contributed by atoms with Gasteiger partial charge >= 0.3 is 0 Å². The summed E-state index contributed by atoms with van der Waals surface area (Å²) < 4.78 is 5.25. The Balaban J connectivity index is 2.96. The molecule has 3 nitrogen and oxygen atoms in total. The minimum absolute atomic E-state index is 0.0381. The van der Waals surface area contributed by atoms with Crippen molar-refractivity contribution in [2.75, 3.05) is 0 Å². The lowest BCUT2D eigenvalue weighted by Gasteiger charge is -2.31. The molecule has 1 amide bonds. The SMILES string of the molecule is CC(C)C1(C(N)=O)C=CC=CO1. The van der Waals surface area contributed by atoms with Gasteiger partial charge in [-0.1, -0.05) is 19.9 Å². The second-order valence-electron chi connectivity index (χ2n) is 3.12. The van der Waals surface area contributed by atoms with Crippen molar-refractivity contribution in [2.24, 2.45) is 11.7 Å². The molecule has 0 spiro atoms. The Morgan fingerprint density at radius 2 is 2.17 bits per heavy atom. The Morgan fingerprint density at radius 1 is 1.50 bits per heavy atom. The number of amides is 1. The number of ether oxygens (including phenoxy) is 1. The lowest BCUT2D eigenvalue weighted by molar-refractivity contribution is -0.136. The Morgan fingerprint density at radius 3 is 2.42 bits per heavy atom. The normalized spacial score (nSPS) is 27.2. The summed E-state index contributed by atoms with van der Waals surface area (Å²) in [6.45, 7) is 3.79. The van der Waals surface area contributed by atoms with Gasteiger partial charge in [-0.25, -0.2) is 0 Å². The summed E-state index contributed by atoms with van der Waals surface area (Å²) in [6.07, 6.45) is 6.68. The minimum Gasteiger partial charge on any atom is -0.481 e. The van der Waals surface area contributed by atoms with Crippen molar-refractivity contribution >= 4 is 5.91 Å². The van der Waals surface area contributed by atoms with Gasteiger partial charge in [-0.05, 0) is 12.2 Å². The molecule has 1 aliphatic heterocycles. The third-order valence-corrected chi connectivity index (χ3v) is 2.04. The van der Waals surface area contributed by atoms with Gasteiger partial charge in [0.05, 0.1) is 6.26 Å². The van der Waals surface area contributed by atoms with E-state index in [1.54, 1.807) is 18.2 Å². The van der Waals surface area contributed by atoms with Crippen LogP contribution < -0.4 is 5.73 Å². The van der Waals surface area contributed by atoms with Gasteiger partial charge in [0.1, 0.15) is 0 Å². The van der Waals surface area contributed by atoms with Crippen molar-refractivity contribution in [3.63, 3.8) is 0 Å². The molecule has 0 aromatic carbocycles. The molecule has 0 saturated carbocycles. The van der Waals surface area contributed by atoms with Crippen LogP contribution in [0, 0.1) is 5.92 Å². The molecule has 3 heteroatoms. The van der Waals surface area contributed by atoms with Crippen LogP contribution in [0.5, 0.6) is 0 Å². The maximum Gasteiger partial charge on any atom is 0.265 e. The zero-order valence-corrected chi connectivity index (χ0v) is 7.28. The quantitative estimate of drug-likeness (QED) is 0.666. The molecule has 66 valence electrons. The third-order valence-electron chi connectivity index (χ3n) is 2.04. The van der Waals surface area contributed by atoms with Crippen molar-refractivity contribution in [2.45, 2.75) is 19.4 Å². The third kappa shape index (κ3) is 1.22. The highest BCUT2D eigenvalue weighted by molar-refractivity contribution is 5.86. The number of carbonyl (C=O) groups excluding carboxylic acids is 1. The van der Waals surface area contributed by atoms with Gasteiger partial charge in [-0.15, -0.1) is 0 Å². The van der Waals surface area contributed by atoms with Gasteiger partial charge in [0.2, 0.25) is 5.60 Å². The van der Waals surface area contributed by atoms with Crippen molar-refractivity contribution < 1.29 is 9.53 Å². The molecule has 1 aliphatic rings. The van der Waals surface area contributed by atoms with E-state index in [0.717, 1.165) is 0 Å². The zero-order chi connectivity index (χ0) is 9.19. The van der Waals surface area contributed by atoms with E-state index in [2.05, 4.69) is 0 Å². The Labute approximate surface area is 71.9 Å². The van der Waals surface area contributed by atoms with Gasteiger partial charge in [-0.2, -0.15) is 0 Å². The first-order chi connectivity index (χ1) is 5.59. The van der Waals surface area contributed by atoms with E-state index >= 15 is 0 Å². The number of nitrogens with two attached hydrogens (primary N) is 1. The number of rotatable bonds is 2. The number of primary amides is 1. The van der Waals surface area contributed by atoms with Crippen molar-refractivity contribution in [3.8, 4) is 0 Å². The van der Waals surface area contributed by atoms with Crippen LogP contribution in [0.3, 0.4) is 0 Å². The highest BCUT2D eigenvalue weighted by Gasteiger charge is 2.39. The van der Waals surface area contributed by atoms with E-state index in [9.17, 15) is 4.79 Å². The number of allylic oxidation sites excluding steroid dienone is 2. The van der Waals surface area contributed by atoms with Crippen LogP contribution in [0.1, 0.15) is 13.8 Å². The molecule has 1 rings (SSSR count). The topological polar surface area (TPSA) is 52.3 Å². The van der Waals surface area contributed by atoms with Crippen LogP contribution in [0.25, 0.3) is 0 Å². The molecule has 0 aliphatic carbocycles.